The lowest BCUT2D eigenvalue weighted by atomic mass is 9.97. The summed E-state index contributed by atoms with van der Waals surface area (Å²) < 4.78 is 2.80. The van der Waals surface area contributed by atoms with Crippen LogP contribution < -0.4 is 5.73 Å². The molecular weight excluding hydrogens is 470 g/mol. The van der Waals surface area contributed by atoms with Crippen LogP contribution >= 0.6 is 39.0 Å². The first-order valence-electron chi connectivity index (χ1n) is 9.44. The lowest BCUT2D eigenvalue weighted by Gasteiger charge is -2.10. The number of nitrogens with zero attached hydrogens (tertiary/aromatic N) is 4. The van der Waals surface area contributed by atoms with Crippen LogP contribution in [0.15, 0.2) is 33.9 Å². The quantitative estimate of drug-likeness (QED) is 0.418. The Hall–Kier alpha value is -1.97. The third kappa shape index (κ3) is 3.55. The van der Waals surface area contributed by atoms with Crippen molar-refractivity contribution in [3.63, 3.8) is 0 Å². The van der Waals surface area contributed by atoms with Gasteiger partial charge in [-0.2, -0.15) is 0 Å². The van der Waals surface area contributed by atoms with E-state index in [1.807, 2.05) is 24.3 Å². The molecule has 0 saturated carbocycles. The topological polar surface area (TPSA) is 86.2 Å². The molecule has 0 unspecified atom stereocenters. The van der Waals surface area contributed by atoms with E-state index in [0.29, 0.717) is 23.3 Å². The number of fused-ring (bicyclic) bond motifs is 5. The van der Waals surface area contributed by atoms with Crippen molar-refractivity contribution in [3.8, 4) is 0 Å². The Bertz CT molecular complexity index is 1230. The molecule has 0 aliphatic heterocycles. The normalized spacial score (nSPS) is 13.8. The van der Waals surface area contributed by atoms with E-state index in [2.05, 4.69) is 31.1 Å². The van der Waals surface area contributed by atoms with Gasteiger partial charge in [-0.15, -0.1) is 21.5 Å². The van der Waals surface area contributed by atoms with Crippen molar-refractivity contribution >= 4 is 66.6 Å². The minimum absolute atomic E-state index is 0.134. The number of hydrogen-bond donors (Lipinski definition) is 1. The van der Waals surface area contributed by atoms with E-state index in [1.54, 1.807) is 15.7 Å². The van der Waals surface area contributed by atoms with Crippen LogP contribution in [0.25, 0.3) is 15.9 Å². The summed E-state index contributed by atoms with van der Waals surface area (Å²) >= 11 is 6.50. The number of thiophene rings is 1. The number of anilines is 1. The number of benzene rings is 1. The second-order valence-corrected chi connectivity index (χ2v) is 10.1. The number of nitrogens with two attached hydrogens (primary N) is 1. The maximum atomic E-state index is 12.4. The number of nitrogen functional groups attached to an aromatic ring is 1. The van der Waals surface area contributed by atoms with Gasteiger partial charge in [-0.25, -0.2) is 9.38 Å². The summed E-state index contributed by atoms with van der Waals surface area (Å²) in [6.07, 6.45) is 4.96. The molecule has 29 heavy (non-hydrogen) atoms. The van der Waals surface area contributed by atoms with E-state index in [4.69, 9.17) is 5.73 Å². The van der Waals surface area contributed by atoms with Gasteiger partial charge in [0.15, 0.2) is 10.8 Å². The van der Waals surface area contributed by atoms with Gasteiger partial charge in [0.05, 0.1) is 11.1 Å². The first-order chi connectivity index (χ1) is 14.1. The highest BCUT2D eigenvalue weighted by molar-refractivity contribution is 9.10. The molecule has 9 heteroatoms. The number of carbonyl (C=O) groups is 1. The van der Waals surface area contributed by atoms with E-state index in [1.165, 1.54) is 35.0 Å². The van der Waals surface area contributed by atoms with Crippen molar-refractivity contribution in [3.05, 3.63) is 44.7 Å². The first-order valence-corrected chi connectivity index (χ1v) is 12.0. The molecule has 0 saturated heterocycles. The summed E-state index contributed by atoms with van der Waals surface area (Å²) in [6.45, 7) is 0. The summed E-state index contributed by atoms with van der Waals surface area (Å²) in [5, 5.41) is 10.4. The largest absolute Gasteiger partial charge is 0.369 e. The Kier molecular flexibility index (Phi) is 5.05. The van der Waals surface area contributed by atoms with Crippen molar-refractivity contribution in [2.45, 2.75) is 37.3 Å². The summed E-state index contributed by atoms with van der Waals surface area (Å²) in [4.78, 5) is 19.4. The second kappa shape index (κ2) is 7.70. The third-order valence-electron chi connectivity index (χ3n) is 5.13. The number of halogens is 1. The fraction of sp³-hybridized carbons (Fsp3) is 0.300. The molecule has 3 heterocycles. The molecule has 1 aromatic carbocycles. The molecule has 1 aliphatic rings. The molecule has 148 valence electrons. The Morgan fingerprint density at radius 2 is 2.00 bits per heavy atom. The van der Waals surface area contributed by atoms with Crippen molar-refractivity contribution < 1.29 is 4.79 Å². The third-order valence-corrected chi connectivity index (χ3v) is 7.83. The smallest absolute Gasteiger partial charge is 0.209 e. The second-order valence-electron chi connectivity index (χ2n) is 7.13. The monoisotopic (exact) mass is 487 g/mol. The van der Waals surface area contributed by atoms with Gasteiger partial charge in [-0.3, -0.25) is 4.79 Å². The van der Waals surface area contributed by atoms with Gasteiger partial charge >= 0.3 is 0 Å². The number of aryl methyl sites for hydroxylation is 2. The molecule has 0 radical (unpaired) electrons. The Balaban J connectivity index is 1.42. The fourth-order valence-corrected chi connectivity index (χ4v) is 6.10. The van der Waals surface area contributed by atoms with E-state index in [-0.39, 0.29) is 5.78 Å². The van der Waals surface area contributed by atoms with Crippen LogP contribution in [0.1, 0.15) is 28.8 Å². The van der Waals surface area contributed by atoms with Crippen LogP contribution in [-0.4, -0.2) is 31.1 Å². The first kappa shape index (κ1) is 19.0. The SMILES string of the molecule is Nc1nc2sc3c(c2c2nnc(SCC(=O)Cc4ccc(Br)cc4)n12)CCCC3. The van der Waals surface area contributed by atoms with Gasteiger partial charge in [0.2, 0.25) is 5.95 Å². The molecule has 0 fully saturated rings. The van der Waals surface area contributed by atoms with Crippen LogP contribution in [0.3, 0.4) is 0 Å². The fourth-order valence-electron chi connectivity index (χ4n) is 3.77. The molecule has 0 amide bonds. The van der Waals surface area contributed by atoms with Crippen molar-refractivity contribution in [2.24, 2.45) is 0 Å². The summed E-state index contributed by atoms with van der Waals surface area (Å²) in [5.41, 5.74) is 9.35. The molecule has 0 atom stereocenters. The summed E-state index contributed by atoms with van der Waals surface area (Å²) in [7, 11) is 0. The Morgan fingerprint density at radius 3 is 2.83 bits per heavy atom. The number of ketones is 1. The number of Topliss-reactive ketones (excluding diaryl/α,β-unsaturated/α-hetero) is 1. The van der Waals surface area contributed by atoms with Gasteiger partial charge in [0.25, 0.3) is 0 Å². The van der Waals surface area contributed by atoms with Crippen LogP contribution in [0.5, 0.6) is 0 Å². The maximum Gasteiger partial charge on any atom is 0.209 e. The zero-order chi connectivity index (χ0) is 20.0. The number of aromatic nitrogens is 4. The van der Waals surface area contributed by atoms with E-state index >= 15 is 0 Å². The molecule has 6 nitrogen and oxygen atoms in total. The molecule has 2 N–H and O–H groups in total. The van der Waals surface area contributed by atoms with Gasteiger partial charge in [0.1, 0.15) is 10.6 Å². The number of rotatable bonds is 5. The van der Waals surface area contributed by atoms with E-state index in [9.17, 15) is 4.79 Å². The van der Waals surface area contributed by atoms with Gasteiger partial charge < -0.3 is 5.73 Å². The van der Waals surface area contributed by atoms with Crippen LogP contribution in [0.4, 0.5) is 5.95 Å². The lowest BCUT2D eigenvalue weighted by molar-refractivity contribution is -0.116. The maximum absolute atomic E-state index is 12.4. The summed E-state index contributed by atoms with van der Waals surface area (Å²) in [5.74, 6) is 0.823. The Morgan fingerprint density at radius 1 is 1.21 bits per heavy atom. The molecule has 0 spiro atoms. The molecular formula is C20H18BrN5OS2. The van der Waals surface area contributed by atoms with E-state index in [0.717, 1.165) is 38.7 Å². The van der Waals surface area contributed by atoms with Crippen LogP contribution in [0, 0.1) is 0 Å². The molecule has 4 aromatic rings. The summed E-state index contributed by atoms with van der Waals surface area (Å²) in [6, 6.07) is 7.80. The van der Waals surface area contributed by atoms with Crippen molar-refractivity contribution in [2.75, 3.05) is 11.5 Å². The number of hydrogen-bond acceptors (Lipinski definition) is 7. The minimum Gasteiger partial charge on any atom is -0.369 e. The van der Waals surface area contributed by atoms with Crippen molar-refractivity contribution in [1.29, 1.82) is 0 Å². The molecule has 5 rings (SSSR count). The van der Waals surface area contributed by atoms with E-state index < -0.39 is 0 Å². The highest BCUT2D eigenvalue weighted by Crippen LogP contribution is 2.38. The Labute approximate surface area is 184 Å². The predicted molar refractivity (Wildman–Crippen MR) is 121 cm³/mol. The minimum atomic E-state index is 0.134. The lowest BCUT2D eigenvalue weighted by Crippen LogP contribution is -2.07. The predicted octanol–water partition coefficient (Wildman–Crippen LogP) is 4.47. The molecule has 3 aromatic heterocycles. The molecule has 0 bridgehead atoms. The van der Waals surface area contributed by atoms with Crippen molar-refractivity contribution in [1.82, 2.24) is 19.6 Å². The number of thioether (sulfide) groups is 1. The zero-order valence-corrected chi connectivity index (χ0v) is 18.7. The van der Waals surface area contributed by atoms with Gasteiger partial charge in [-0.1, -0.05) is 39.8 Å². The average molecular weight is 488 g/mol. The standard InChI is InChI=1S/C20H18BrN5OS2/c21-12-7-5-11(6-8-12)9-13(27)10-28-20-25-24-17-16-14-3-1-2-4-15(14)29-18(16)23-19(22)26(17)20/h5-8H,1-4,9-10H2,(H2,22,23). The molecule has 1 aliphatic carbocycles. The highest BCUT2D eigenvalue weighted by atomic mass is 79.9. The highest BCUT2D eigenvalue weighted by Gasteiger charge is 2.23. The van der Waals surface area contributed by atoms with Gasteiger partial charge in [-0.05, 0) is 48.9 Å². The van der Waals surface area contributed by atoms with Crippen LogP contribution in [-0.2, 0) is 24.1 Å². The number of carbonyl (C=O) groups excluding carboxylic acids is 1. The zero-order valence-electron chi connectivity index (χ0n) is 15.5. The average Bonchev–Trinajstić information content (AvgIpc) is 3.29. The van der Waals surface area contributed by atoms with Crippen LogP contribution in [0.2, 0.25) is 0 Å². The van der Waals surface area contributed by atoms with Gasteiger partial charge in [0, 0.05) is 15.8 Å².